The van der Waals surface area contributed by atoms with E-state index in [9.17, 15) is 9.59 Å². The van der Waals surface area contributed by atoms with E-state index in [4.69, 9.17) is 9.47 Å². The molecule has 166 valence electrons. The topological polar surface area (TPSA) is 68.7 Å². The third-order valence-corrected chi connectivity index (χ3v) is 5.41. The molecular formula is C26H28N2O4. The van der Waals surface area contributed by atoms with Crippen molar-refractivity contribution in [3.8, 4) is 22.8 Å². The molecule has 0 bridgehead atoms. The number of anilines is 1. The van der Waals surface area contributed by atoms with Crippen LogP contribution in [0.4, 0.5) is 5.69 Å². The van der Waals surface area contributed by atoms with Gasteiger partial charge in [-0.3, -0.25) is 9.59 Å². The minimum absolute atomic E-state index is 0.0132. The second kappa shape index (κ2) is 10.6. The second-order valence-corrected chi connectivity index (χ2v) is 7.40. The van der Waals surface area contributed by atoms with Gasteiger partial charge in [0.05, 0.1) is 19.8 Å². The van der Waals surface area contributed by atoms with Crippen molar-refractivity contribution in [2.24, 2.45) is 0 Å². The van der Waals surface area contributed by atoms with Crippen molar-refractivity contribution >= 4 is 17.4 Å². The van der Waals surface area contributed by atoms with Crippen LogP contribution < -0.4 is 14.4 Å². The van der Waals surface area contributed by atoms with Crippen LogP contribution in [0, 0.1) is 0 Å². The fourth-order valence-electron chi connectivity index (χ4n) is 3.43. The molecule has 1 amide bonds. The van der Waals surface area contributed by atoms with Gasteiger partial charge < -0.3 is 14.4 Å². The summed E-state index contributed by atoms with van der Waals surface area (Å²) in [5, 5.41) is 0. The summed E-state index contributed by atoms with van der Waals surface area (Å²) in [6.45, 7) is 1.84. The SMILES string of the molecule is CCC(=O)N(C)c1ccc(-c2ccc(C(=O)CCc3ccc(OC)nc3)c(OC)c2)cc1. The van der Waals surface area contributed by atoms with Crippen molar-refractivity contribution in [3.05, 3.63) is 71.9 Å². The van der Waals surface area contributed by atoms with Gasteiger partial charge in [-0.05, 0) is 47.4 Å². The van der Waals surface area contributed by atoms with Gasteiger partial charge in [-0.1, -0.05) is 31.2 Å². The Morgan fingerprint density at radius 2 is 1.66 bits per heavy atom. The second-order valence-electron chi connectivity index (χ2n) is 7.40. The number of hydrogen-bond donors (Lipinski definition) is 0. The first-order valence-corrected chi connectivity index (χ1v) is 10.5. The Balaban J connectivity index is 1.73. The first-order chi connectivity index (χ1) is 15.5. The molecule has 1 heterocycles. The highest BCUT2D eigenvalue weighted by Crippen LogP contribution is 2.30. The first-order valence-electron chi connectivity index (χ1n) is 10.5. The number of methoxy groups -OCH3 is 2. The number of rotatable bonds is 9. The predicted octanol–water partition coefficient (Wildman–Crippen LogP) is 4.95. The van der Waals surface area contributed by atoms with Crippen LogP contribution in [0.5, 0.6) is 11.6 Å². The van der Waals surface area contributed by atoms with Crippen molar-refractivity contribution in [3.63, 3.8) is 0 Å². The van der Waals surface area contributed by atoms with E-state index in [1.165, 1.54) is 0 Å². The van der Waals surface area contributed by atoms with Crippen LogP contribution in [0.25, 0.3) is 11.1 Å². The van der Waals surface area contributed by atoms with Crippen molar-refractivity contribution in [1.82, 2.24) is 4.98 Å². The third kappa shape index (κ3) is 5.32. The number of carbonyl (C=O) groups is 2. The first kappa shape index (κ1) is 23.0. The summed E-state index contributed by atoms with van der Waals surface area (Å²) in [5.74, 6) is 1.17. The zero-order valence-electron chi connectivity index (χ0n) is 18.9. The number of ketones is 1. The van der Waals surface area contributed by atoms with E-state index >= 15 is 0 Å². The Hall–Kier alpha value is -3.67. The molecule has 0 saturated carbocycles. The monoisotopic (exact) mass is 432 g/mol. The normalized spacial score (nSPS) is 10.5. The molecule has 0 radical (unpaired) electrons. The van der Waals surface area contributed by atoms with E-state index in [1.54, 1.807) is 38.4 Å². The maximum absolute atomic E-state index is 12.8. The third-order valence-electron chi connectivity index (χ3n) is 5.41. The van der Waals surface area contributed by atoms with Crippen molar-refractivity contribution in [2.45, 2.75) is 26.2 Å². The van der Waals surface area contributed by atoms with E-state index in [1.807, 2.05) is 55.5 Å². The molecular weight excluding hydrogens is 404 g/mol. The average molecular weight is 433 g/mol. The Kier molecular flexibility index (Phi) is 7.60. The van der Waals surface area contributed by atoms with Crippen LogP contribution in [0.3, 0.4) is 0 Å². The van der Waals surface area contributed by atoms with E-state index in [-0.39, 0.29) is 11.7 Å². The highest BCUT2D eigenvalue weighted by molar-refractivity contribution is 5.99. The summed E-state index contributed by atoms with van der Waals surface area (Å²) in [6.07, 6.45) is 3.13. The molecule has 0 atom stereocenters. The fraction of sp³-hybridized carbons (Fsp3) is 0.269. The number of pyridine rings is 1. The van der Waals surface area contributed by atoms with Crippen molar-refractivity contribution < 1.29 is 19.1 Å². The number of Topliss-reactive ketones (excluding diaryl/α,β-unsaturated/α-hetero) is 1. The van der Waals surface area contributed by atoms with Gasteiger partial charge in [0.2, 0.25) is 11.8 Å². The van der Waals surface area contributed by atoms with E-state index in [0.29, 0.717) is 36.5 Å². The molecule has 32 heavy (non-hydrogen) atoms. The van der Waals surface area contributed by atoms with Crippen LogP contribution >= 0.6 is 0 Å². The number of amides is 1. The molecule has 0 aliphatic heterocycles. The Bertz CT molecular complexity index is 1080. The standard InChI is InChI=1S/C26H28N2O4/c1-5-26(30)28(2)21-11-8-19(9-12-21)20-10-13-22(24(16-20)31-3)23(29)14-6-18-7-15-25(32-4)27-17-18/h7-13,15-17H,5-6,14H2,1-4H3. The summed E-state index contributed by atoms with van der Waals surface area (Å²) < 4.78 is 10.6. The molecule has 6 heteroatoms. The maximum Gasteiger partial charge on any atom is 0.226 e. The fourth-order valence-corrected chi connectivity index (χ4v) is 3.43. The molecule has 2 aromatic carbocycles. The molecule has 0 fully saturated rings. The average Bonchev–Trinajstić information content (AvgIpc) is 2.86. The number of aromatic nitrogens is 1. The zero-order chi connectivity index (χ0) is 23.1. The van der Waals surface area contributed by atoms with E-state index in [0.717, 1.165) is 22.4 Å². The summed E-state index contributed by atoms with van der Waals surface area (Å²) in [6, 6.07) is 17.0. The predicted molar refractivity (Wildman–Crippen MR) is 126 cm³/mol. The summed E-state index contributed by atoms with van der Waals surface area (Å²) in [4.78, 5) is 30.5. The lowest BCUT2D eigenvalue weighted by Gasteiger charge is -2.17. The van der Waals surface area contributed by atoms with Gasteiger partial charge in [0, 0.05) is 37.8 Å². The van der Waals surface area contributed by atoms with Crippen LogP contribution in [0.1, 0.15) is 35.7 Å². The molecule has 6 nitrogen and oxygen atoms in total. The molecule has 0 aliphatic rings. The van der Waals surface area contributed by atoms with Gasteiger partial charge in [0.1, 0.15) is 5.75 Å². The van der Waals surface area contributed by atoms with Gasteiger partial charge in [-0.2, -0.15) is 0 Å². The van der Waals surface area contributed by atoms with Crippen molar-refractivity contribution in [2.75, 3.05) is 26.2 Å². The maximum atomic E-state index is 12.8. The lowest BCUT2D eigenvalue weighted by Crippen LogP contribution is -2.24. The summed E-state index contributed by atoms with van der Waals surface area (Å²) in [5.41, 5.74) is 4.29. The highest BCUT2D eigenvalue weighted by Gasteiger charge is 2.14. The molecule has 3 rings (SSSR count). The van der Waals surface area contributed by atoms with Gasteiger partial charge >= 0.3 is 0 Å². The molecule has 0 unspecified atom stereocenters. The van der Waals surface area contributed by atoms with Crippen molar-refractivity contribution in [1.29, 1.82) is 0 Å². The molecule has 0 aliphatic carbocycles. The molecule has 0 spiro atoms. The van der Waals surface area contributed by atoms with Crippen LogP contribution in [0.15, 0.2) is 60.8 Å². The number of ether oxygens (including phenoxy) is 2. The molecule has 1 aromatic heterocycles. The van der Waals surface area contributed by atoms with E-state index in [2.05, 4.69) is 4.98 Å². The molecule has 0 saturated heterocycles. The number of hydrogen-bond acceptors (Lipinski definition) is 5. The van der Waals surface area contributed by atoms with Gasteiger partial charge in [0.15, 0.2) is 5.78 Å². The van der Waals surface area contributed by atoms with Crippen LogP contribution in [-0.2, 0) is 11.2 Å². The highest BCUT2D eigenvalue weighted by atomic mass is 16.5. The van der Waals surface area contributed by atoms with Gasteiger partial charge in [-0.25, -0.2) is 4.98 Å². The quantitative estimate of drug-likeness (QED) is 0.447. The summed E-state index contributed by atoms with van der Waals surface area (Å²) in [7, 11) is 4.91. The lowest BCUT2D eigenvalue weighted by atomic mass is 9.98. The largest absolute Gasteiger partial charge is 0.496 e. The lowest BCUT2D eigenvalue weighted by molar-refractivity contribution is -0.118. The zero-order valence-corrected chi connectivity index (χ0v) is 18.9. The van der Waals surface area contributed by atoms with Gasteiger partial charge in [-0.15, -0.1) is 0 Å². The number of aryl methyl sites for hydroxylation is 1. The Morgan fingerprint density at radius 1 is 0.938 bits per heavy atom. The van der Waals surface area contributed by atoms with Gasteiger partial charge in [0.25, 0.3) is 0 Å². The molecule has 3 aromatic rings. The Labute approximate surface area is 188 Å². The van der Waals surface area contributed by atoms with Crippen LogP contribution in [0.2, 0.25) is 0 Å². The van der Waals surface area contributed by atoms with E-state index < -0.39 is 0 Å². The number of nitrogens with zero attached hydrogens (tertiary/aromatic N) is 2. The minimum Gasteiger partial charge on any atom is -0.496 e. The number of benzene rings is 2. The Morgan fingerprint density at radius 3 is 2.25 bits per heavy atom. The number of carbonyl (C=O) groups excluding carboxylic acids is 2. The smallest absolute Gasteiger partial charge is 0.226 e. The molecule has 0 N–H and O–H groups in total. The summed E-state index contributed by atoms with van der Waals surface area (Å²) >= 11 is 0. The van der Waals surface area contributed by atoms with Crippen LogP contribution in [-0.4, -0.2) is 37.9 Å². The minimum atomic E-state index is 0.0132.